The van der Waals surface area contributed by atoms with Crippen LogP contribution in [0.1, 0.15) is 28.6 Å². The molecule has 1 saturated heterocycles. The summed E-state index contributed by atoms with van der Waals surface area (Å²) in [5, 5.41) is 20.0. The highest BCUT2D eigenvalue weighted by Crippen LogP contribution is 2.46. The first-order valence-electron chi connectivity index (χ1n) is 12.4. The molecule has 4 heterocycles. The van der Waals surface area contributed by atoms with Crippen LogP contribution in [0.3, 0.4) is 0 Å². The minimum Gasteiger partial charge on any atom is -0.457 e. The van der Waals surface area contributed by atoms with Gasteiger partial charge in [-0.05, 0) is 62.2 Å². The standard InChI is InChI=1S/C28H27N5O4S/c1-16-12-19(37-18-6-4-3-5-7-18)8-9-20(16)33-21-10-11-30-26-22(21)23(31-27(33)36)24(38-26)25(35)32-28(2)13-17(34)14-29-15-28/h3-12,17,29,34H,13-15H2,1-2H3,(H,31,36)(H,32,35)/t17-,28-/m1/s1. The van der Waals surface area contributed by atoms with E-state index in [1.54, 1.807) is 17.2 Å². The summed E-state index contributed by atoms with van der Waals surface area (Å²) in [5.74, 6) is 1.09. The quantitative estimate of drug-likeness (QED) is 0.292. The van der Waals surface area contributed by atoms with Crippen molar-refractivity contribution >= 4 is 50.6 Å². The molecule has 6 rings (SSSR count). The van der Waals surface area contributed by atoms with Gasteiger partial charge in [0.2, 0.25) is 0 Å². The first kappa shape index (κ1) is 24.4. The van der Waals surface area contributed by atoms with Gasteiger partial charge in [-0.15, -0.1) is 11.3 Å². The molecule has 2 aromatic heterocycles. The Morgan fingerprint density at radius 1 is 1.18 bits per heavy atom. The number of carbonyl (C=O) groups excluding carboxylic acids is 2. The predicted molar refractivity (Wildman–Crippen MR) is 148 cm³/mol. The number of para-hydroxylation sites is 1. The zero-order valence-electron chi connectivity index (χ0n) is 20.9. The van der Waals surface area contributed by atoms with E-state index in [1.807, 2.05) is 62.4 Å². The molecule has 4 aromatic rings. The molecule has 0 spiro atoms. The lowest BCUT2D eigenvalue weighted by atomic mass is 9.90. The molecule has 3 amide bonds. The van der Waals surface area contributed by atoms with Gasteiger partial charge in [0.1, 0.15) is 21.2 Å². The number of ether oxygens (including phenoxy) is 1. The van der Waals surface area contributed by atoms with Crippen molar-refractivity contribution in [1.29, 1.82) is 0 Å². The lowest BCUT2D eigenvalue weighted by Gasteiger charge is -2.37. The van der Waals surface area contributed by atoms with Crippen LogP contribution in [0.4, 0.5) is 21.9 Å². The number of benzene rings is 2. The number of aliphatic hydroxyl groups excluding tert-OH is 1. The minimum absolute atomic E-state index is 0.306. The Morgan fingerprint density at radius 3 is 2.76 bits per heavy atom. The summed E-state index contributed by atoms with van der Waals surface area (Å²) in [7, 11) is 0. The fourth-order valence-corrected chi connectivity index (χ4v) is 6.17. The summed E-state index contributed by atoms with van der Waals surface area (Å²) in [6.07, 6.45) is 1.55. The van der Waals surface area contributed by atoms with Crippen molar-refractivity contribution in [1.82, 2.24) is 15.6 Å². The van der Waals surface area contributed by atoms with E-state index in [9.17, 15) is 14.7 Å². The molecule has 0 radical (unpaired) electrons. The van der Waals surface area contributed by atoms with E-state index < -0.39 is 11.6 Å². The first-order valence-corrected chi connectivity index (χ1v) is 13.2. The fourth-order valence-electron chi connectivity index (χ4n) is 5.16. The Balaban J connectivity index is 1.34. The third-order valence-electron chi connectivity index (χ3n) is 6.84. The van der Waals surface area contributed by atoms with Crippen molar-refractivity contribution in [3.63, 3.8) is 0 Å². The van der Waals surface area contributed by atoms with Crippen LogP contribution in [0.25, 0.3) is 10.2 Å². The molecule has 2 aliphatic heterocycles. The number of carbonyl (C=O) groups is 2. The van der Waals surface area contributed by atoms with Crippen LogP contribution in [-0.4, -0.2) is 46.8 Å². The van der Waals surface area contributed by atoms with Gasteiger partial charge in [-0.2, -0.15) is 0 Å². The van der Waals surface area contributed by atoms with Gasteiger partial charge in [0.15, 0.2) is 0 Å². The van der Waals surface area contributed by atoms with E-state index in [0.717, 1.165) is 16.7 Å². The molecule has 194 valence electrons. The van der Waals surface area contributed by atoms with Crippen molar-refractivity contribution in [2.75, 3.05) is 23.3 Å². The second kappa shape index (κ2) is 9.39. The molecule has 0 aliphatic carbocycles. The van der Waals surface area contributed by atoms with E-state index >= 15 is 0 Å². The highest BCUT2D eigenvalue weighted by Gasteiger charge is 2.37. The third kappa shape index (κ3) is 4.36. The zero-order valence-corrected chi connectivity index (χ0v) is 21.8. The molecule has 10 heteroatoms. The van der Waals surface area contributed by atoms with Crippen molar-refractivity contribution in [2.24, 2.45) is 0 Å². The summed E-state index contributed by atoms with van der Waals surface area (Å²) in [4.78, 5) is 34.0. The molecule has 38 heavy (non-hydrogen) atoms. The van der Waals surface area contributed by atoms with Crippen LogP contribution in [0.2, 0.25) is 0 Å². The van der Waals surface area contributed by atoms with E-state index in [0.29, 0.717) is 52.0 Å². The number of aliphatic hydroxyl groups is 1. The van der Waals surface area contributed by atoms with Gasteiger partial charge in [0, 0.05) is 19.3 Å². The predicted octanol–water partition coefficient (Wildman–Crippen LogP) is 4.92. The second-order valence-electron chi connectivity index (χ2n) is 9.95. The number of nitrogens with zero attached hydrogens (tertiary/aromatic N) is 2. The number of piperidine rings is 1. The highest BCUT2D eigenvalue weighted by molar-refractivity contribution is 7.21. The molecule has 4 N–H and O–H groups in total. The first-order chi connectivity index (χ1) is 18.3. The maximum Gasteiger partial charge on any atom is 0.331 e. The van der Waals surface area contributed by atoms with Crippen molar-refractivity contribution in [3.8, 4) is 11.5 Å². The number of β-amino-alcohol motifs (C(OH)–C–C–N with tert-alkyl or cyclic N) is 1. The Kier molecular flexibility index (Phi) is 6.02. The lowest BCUT2D eigenvalue weighted by molar-refractivity contribution is 0.0736. The van der Waals surface area contributed by atoms with Crippen molar-refractivity contribution in [3.05, 3.63) is 71.2 Å². The summed E-state index contributed by atoms with van der Waals surface area (Å²) < 4.78 is 5.96. The molecule has 0 unspecified atom stereocenters. The van der Waals surface area contributed by atoms with Gasteiger partial charge in [-0.1, -0.05) is 18.2 Å². The molecule has 2 aliphatic rings. The summed E-state index contributed by atoms with van der Waals surface area (Å²) in [6, 6.07) is 16.5. The monoisotopic (exact) mass is 529 g/mol. The topological polar surface area (TPSA) is 116 Å². The molecule has 1 fully saturated rings. The smallest absolute Gasteiger partial charge is 0.331 e. The van der Waals surface area contributed by atoms with Crippen LogP contribution in [0.5, 0.6) is 11.5 Å². The van der Waals surface area contributed by atoms with E-state index in [4.69, 9.17) is 4.74 Å². The van der Waals surface area contributed by atoms with Crippen LogP contribution >= 0.6 is 11.3 Å². The van der Waals surface area contributed by atoms with Gasteiger partial charge in [0.25, 0.3) is 5.91 Å². The molecule has 0 bridgehead atoms. The van der Waals surface area contributed by atoms with Gasteiger partial charge in [0.05, 0.1) is 34.1 Å². The van der Waals surface area contributed by atoms with Crippen LogP contribution in [0.15, 0.2) is 60.8 Å². The fraction of sp³-hybridized carbons (Fsp3) is 0.250. The number of hydrogen-bond donors (Lipinski definition) is 4. The maximum absolute atomic E-state index is 13.5. The average Bonchev–Trinajstić information content (AvgIpc) is 3.25. The SMILES string of the molecule is Cc1cc(Oc2ccccc2)ccc1N1C(=O)Nc2c(C(=O)N[C@@]3(C)CNC[C@H](O)C3)sc3nccc1c23. The van der Waals surface area contributed by atoms with Crippen LogP contribution in [-0.2, 0) is 0 Å². The van der Waals surface area contributed by atoms with E-state index in [-0.39, 0.29) is 11.9 Å². The number of thiophene rings is 1. The van der Waals surface area contributed by atoms with Gasteiger partial charge in [-0.25, -0.2) is 9.78 Å². The lowest BCUT2D eigenvalue weighted by Crippen LogP contribution is -2.59. The number of urea groups is 1. The summed E-state index contributed by atoms with van der Waals surface area (Å²) in [5.41, 5.74) is 2.06. The van der Waals surface area contributed by atoms with Gasteiger partial charge < -0.3 is 25.8 Å². The Labute approximate surface area is 223 Å². The van der Waals surface area contributed by atoms with Gasteiger partial charge in [-0.3, -0.25) is 9.69 Å². The normalized spacial score (nSPS) is 20.8. The summed E-state index contributed by atoms with van der Waals surface area (Å²) >= 11 is 1.24. The number of nitrogens with one attached hydrogen (secondary N) is 3. The number of anilines is 3. The Morgan fingerprint density at radius 2 is 2.00 bits per heavy atom. The van der Waals surface area contributed by atoms with Crippen molar-refractivity contribution < 1.29 is 19.4 Å². The number of pyridine rings is 1. The Bertz CT molecular complexity index is 1560. The number of rotatable bonds is 5. The van der Waals surface area contributed by atoms with E-state index in [1.165, 1.54) is 11.3 Å². The third-order valence-corrected chi connectivity index (χ3v) is 7.93. The minimum atomic E-state index is -0.612. The van der Waals surface area contributed by atoms with Crippen molar-refractivity contribution in [2.45, 2.75) is 31.9 Å². The molecular weight excluding hydrogens is 502 g/mol. The molecule has 9 nitrogen and oxygen atoms in total. The largest absolute Gasteiger partial charge is 0.457 e. The molecule has 2 atom stereocenters. The number of aryl methyl sites for hydroxylation is 1. The van der Waals surface area contributed by atoms with Crippen LogP contribution < -0.4 is 25.6 Å². The van der Waals surface area contributed by atoms with E-state index in [2.05, 4.69) is 20.9 Å². The van der Waals surface area contributed by atoms with Gasteiger partial charge >= 0.3 is 6.03 Å². The molecular formula is C28H27N5O4S. The molecule has 2 aromatic carbocycles. The summed E-state index contributed by atoms with van der Waals surface area (Å²) in [6.45, 7) is 4.87. The average molecular weight is 530 g/mol. The van der Waals surface area contributed by atoms with Crippen LogP contribution in [0, 0.1) is 6.92 Å². The number of amides is 3. The Hall–Kier alpha value is -3.99. The zero-order chi connectivity index (χ0) is 26.4. The second-order valence-corrected chi connectivity index (χ2v) is 10.9. The number of aromatic nitrogens is 1. The molecule has 0 saturated carbocycles. The maximum atomic E-state index is 13.5. The highest BCUT2D eigenvalue weighted by atomic mass is 32.1. The number of hydrogen-bond acceptors (Lipinski definition) is 7.